The summed E-state index contributed by atoms with van der Waals surface area (Å²) in [5.41, 5.74) is 2.99. The molecule has 0 unspecified atom stereocenters. The van der Waals surface area contributed by atoms with Crippen molar-refractivity contribution < 1.29 is 0 Å². The van der Waals surface area contributed by atoms with Crippen LogP contribution in [0.2, 0.25) is 0 Å². The number of rotatable bonds is 0. The molecule has 0 spiro atoms. The zero-order chi connectivity index (χ0) is 8.72. The molecule has 0 aliphatic heterocycles. The van der Waals surface area contributed by atoms with Gasteiger partial charge in [-0.2, -0.15) is 0 Å². The molecule has 2 rings (SSSR count). The van der Waals surface area contributed by atoms with E-state index in [2.05, 4.69) is 25.9 Å². The number of fused-ring (bicyclic) bond motifs is 1. The number of aryl methyl sites for hydroxylation is 2. The molecule has 0 saturated carbocycles. The third kappa shape index (κ3) is 1.03. The van der Waals surface area contributed by atoms with Crippen LogP contribution >= 0.6 is 15.9 Å². The van der Waals surface area contributed by atoms with Crippen LogP contribution in [-0.2, 0) is 0 Å². The van der Waals surface area contributed by atoms with Gasteiger partial charge in [0.2, 0.25) is 0 Å². The van der Waals surface area contributed by atoms with Gasteiger partial charge in [-0.05, 0) is 29.8 Å². The van der Waals surface area contributed by atoms with E-state index in [0.29, 0.717) is 0 Å². The highest BCUT2D eigenvalue weighted by atomic mass is 79.9. The van der Waals surface area contributed by atoms with Crippen LogP contribution in [0.1, 0.15) is 11.4 Å². The third-order valence-electron chi connectivity index (χ3n) is 1.81. The summed E-state index contributed by atoms with van der Waals surface area (Å²) in [5, 5.41) is 0. The van der Waals surface area contributed by atoms with Gasteiger partial charge < -0.3 is 4.40 Å². The second kappa shape index (κ2) is 2.55. The summed E-state index contributed by atoms with van der Waals surface area (Å²) in [6.45, 7) is 3.98. The van der Waals surface area contributed by atoms with E-state index in [1.807, 2.05) is 24.4 Å². The van der Waals surface area contributed by atoms with Gasteiger partial charge in [0.1, 0.15) is 4.60 Å². The molecule has 0 N–H and O–H groups in total. The zero-order valence-corrected chi connectivity index (χ0v) is 8.46. The minimum Gasteiger partial charge on any atom is -0.300 e. The molecule has 0 atom stereocenters. The van der Waals surface area contributed by atoms with Gasteiger partial charge >= 0.3 is 0 Å². The minimum atomic E-state index is 0.868. The van der Waals surface area contributed by atoms with Crippen LogP contribution < -0.4 is 0 Å². The fourth-order valence-electron chi connectivity index (χ4n) is 1.18. The van der Waals surface area contributed by atoms with Crippen LogP contribution in [0, 0.1) is 13.8 Å². The first-order valence-electron chi connectivity index (χ1n) is 3.65. The average molecular weight is 226 g/mol. The molecule has 3 nitrogen and oxygen atoms in total. The van der Waals surface area contributed by atoms with Gasteiger partial charge in [0.15, 0.2) is 5.65 Å². The Morgan fingerprint density at radius 3 is 2.92 bits per heavy atom. The largest absolute Gasteiger partial charge is 0.300 e. The summed E-state index contributed by atoms with van der Waals surface area (Å²) in [4.78, 5) is 8.45. The smallest absolute Gasteiger partial charge is 0.155 e. The Hall–Kier alpha value is -0.900. The Morgan fingerprint density at radius 1 is 1.42 bits per heavy atom. The Labute approximate surface area is 78.6 Å². The van der Waals surface area contributed by atoms with E-state index in [0.717, 1.165) is 21.6 Å². The fraction of sp³-hybridized carbons (Fsp3) is 0.250. The predicted molar refractivity (Wildman–Crippen MR) is 50.2 cm³/mol. The molecule has 0 aliphatic carbocycles. The number of imidazole rings is 1. The first kappa shape index (κ1) is 7.73. The van der Waals surface area contributed by atoms with Crippen LogP contribution in [0.4, 0.5) is 0 Å². The first-order valence-corrected chi connectivity index (χ1v) is 4.44. The second-order valence-electron chi connectivity index (χ2n) is 2.74. The number of halogens is 1. The first-order chi connectivity index (χ1) is 5.68. The van der Waals surface area contributed by atoms with E-state index < -0.39 is 0 Å². The fourth-order valence-corrected chi connectivity index (χ4v) is 1.48. The monoisotopic (exact) mass is 225 g/mol. The molecule has 0 aromatic carbocycles. The van der Waals surface area contributed by atoms with Crippen molar-refractivity contribution in [2.24, 2.45) is 0 Å². The number of nitrogens with zero attached hydrogens (tertiary/aromatic N) is 3. The molecule has 0 amide bonds. The molecule has 0 aliphatic rings. The molecule has 12 heavy (non-hydrogen) atoms. The molecule has 0 fully saturated rings. The van der Waals surface area contributed by atoms with E-state index in [1.165, 1.54) is 0 Å². The Bertz CT molecular complexity index is 433. The summed E-state index contributed by atoms with van der Waals surface area (Å²) in [5.74, 6) is 0. The quantitative estimate of drug-likeness (QED) is 0.688. The van der Waals surface area contributed by atoms with Crippen molar-refractivity contribution in [3.05, 3.63) is 28.4 Å². The maximum Gasteiger partial charge on any atom is 0.155 e. The van der Waals surface area contributed by atoms with Crippen molar-refractivity contribution in [2.45, 2.75) is 13.8 Å². The molecule has 0 saturated heterocycles. The highest BCUT2D eigenvalue weighted by Crippen LogP contribution is 2.14. The van der Waals surface area contributed by atoms with Crippen molar-refractivity contribution in [1.29, 1.82) is 0 Å². The summed E-state index contributed by atoms with van der Waals surface area (Å²) in [6.07, 6.45) is 3.75. The lowest BCUT2D eigenvalue weighted by atomic mass is 10.5. The van der Waals surface area contributed by atoms with Crippen molar-refractivity contribution in [3.8, 4) is 0 Å². The van der Waals surface area contributed by atoms with Crippen LogP contribution in [0.15, 0.2) is 17.0 Å². The summed E-state index contributed by atoms with van der Waals surface area (Å²) < 4.78 is 2.89. The second-order valence-corrected chi connectivity index (χ2v) is 3.50. The summed E-state index contributed by atoms with van der Waals surface area (Å²) >= 11 is 3.37. The number of hydrogen-bond acceptors (Lipinski definition) is 2. The highest BCUT2D eigenvalue weighted by molar-refractivity contribution is 9.10. The van der Waals surface area contributed by atoms with Gasteiger partial charge in [-0.1, -0.05) is 0 Å². The SMILES string of the molecule is Cc1cn2c(C)c(Br)ncc2n1. The lowest BCUT2D eigenvalue weighted by Crippen LogP contribution is -1.92. The topological polar surface area (TPSA) is 30.2 Å². The zero-order valence-electron chi connectivity index (χ0n) is 6.87. The lowest BCUT2D eigenvalue weighted by molar-refractivity contribution is 1.02. The van der Waals surface area contributed by atoms with E-state index in [1.54, 1.807) is 6.20 Å². The predicted octanol–water partition coefficient (Wildman–Crippen LogP) is 2.11. The van der Waals surface area contributed by atoms with Crippen molar-refractivity contribution in [2.75, 3.05) is 0 Å². The molecule has 2 aromatic heterocycles. The maximum atomic E-state index is 4.29. The Kier molecular flexibility index (Phi) is 1.65. The maximum absolute atomic E-state index is 4.29. The Morgan fingerprint density at radius 2 is 2.17 bits per heavy atom. The van der Waals surface area contributed by atoms with Crippen molar-refractivity contribution >= 4 is 21.6 Å². The van der Waals surface area contributed by atoms with E-state index in [-0.39, 0.29) is 0 Å². The Balaban J connectivity index is 2.89. The number of hydrogen-bond donors (Lipinski definition) is 0. The molecule has 62 valence electrons. The van der Waals surface area contributed by atoms with E-state index in [9.17, 15) is 0 Å². The normalized spacial score (nSPS) is 10.9. The highest BCUT2D eigenvalue weighted by Gasteiger charge is 2.03. The van der Waals surface area contributed by atoms with Gasteiger partial charge in [-0.25, -0.2) is 9.97 Å². The molecular weight excluding hydrogens is 218 g/mol. The van der Waals surface area contributed by atoms with Crippen LogP contribution in [0.25, 0.3) is 5.65 Å². The van der Waals surface area contributed by atoms with Gasteiger partial charge in [0, 0.05) is 6.20 Å². The van der Waals surface area contributed by atoms with Gasteiger partial charge in [0.05, 0.1) is 17.6 Å². The van der Waals surface area contributed by atoms with E-state index >= 15 is 0 Å². The van der Waals surface area contributed by atoms with Gasteiger partial charge in [-0.3, -0.25) is 0 Å². The van der Waals surface area contributed by atoms with Crippen molar-refractivity contribution in [1.82, 2.24) is 14.4 Å². The van der Waals surface area contributed by atoms with Crippen molar-refractivity contribution in [3.63, 3.8) is 0 Å². The average Bonchev–Trinajstić information content (AvgIpc) is 2.39. The van der Waals surface area contributed by atoms with Gasteiger partial charge in [0.25, 0.3) is 0 Å². The van der Waals surface area contributed by atoms with Gasteiger partial charge in [-0.15, -0.1) is 0 Å². The van der Waals surface area contributed by atoms with Crippen LogP contribution in [0.3, 0.4) is 0 Å². The standard InChI is InChI=1S/C8H8BrN3/c1-5-4-12-6(2)8(9)10-3-7(12)11-5/h3-4H,1-2H3. The molecule has 2 heterocycles. The molecule has 2 aromatic rings. The van der Waals surface area contributed by atoms with E-state index in [4.69, 9.17) is 0 Å². The van der Waals surface area contributed by atoms with Crippen LogP contribution in [0.5, 0.6) is 0 Å². The summed E-state index contributed by atoms with van der Waals surface area (Å²) in [7, 11) is 0. The summed E-state index contributed by atoms with van der Waals surface area (Å²) in [6, 6.07) is 0. The lowest BCUT2D eigenvalue weighted by Gasteiger charge is -1.99. The van der Waals surface area contributed by atoms with Crippen LogP contribution in [-0.4, -0.2) is 14.4 Å². The number of aromatic nitrogens is 3. The molecule has 0 bridgehead atoms. The minimum absolute atomic E-state index is 0.868. The molecular formula is C8H8BrN3. The third-order valence-corrected chi connectivity index (χ3v) is 2.59. The molecule has 4 heteroatoms. The molecule has 0 radical (unpaired) electrons.